The summed E-state index contributed by atoms with van der Waals surface area (Å²) in [5.41, 5.74) is 3.65. The number of nitrogens with zero attached hydrogens (tertiary/aromatic N) is 2. The number of rotatable bonds is 5. The van der Waals surface area contributed by atoms with E-state index in [2.05, 4.69) is 4.98 Å². The number of hydrogen-bond donors (Lipinski definition) is 0. The van der Waals surface area contributed by atoms with Gasteiger partial charge in [-0.3, -0.25) is 4.98 Å². The standard InChI is InChI=1S/C19H20N2O2S/c1-15-6-5-7-16(10-15)14-24(22,23)21(2)13-17-11-18-8-3-4-9-19(18)20-12-17/h3-12H,13-14H2,1-2H3. The zero-order chi connectivity index (χ0) is 17.2. The lowest BCUT2D eigenvalue weighted by molar-refractivity contribution is 0.465. The van der Waals surface area contributed by atoms with Crippen LogP contribution in [-0.2, 0) is 22.3 Å². The Hall–Kier alpha value is -2.24. The Bertz CT molecular complexity index is 968. The molecule has 2 aromatic carbocycles. The van der Waals surface area contributed by atoms with Crippen molar-refractivity contribution < 1.29 is 8.42 Å². The zero-order valence-electron chi connectivity index (χ0n) is 13.8. The predicted octanol–water partition coefficient (Wildman–Crippen LogP) is 3.51. The molecule has 0 aliphatic carbocycles. The van der Waals surface area contributed by atoms with E-state index >= 15 is 0 Å². The molecule has 0 fully saturated rings. The van der Waals surface area contributed by atoms with Crippen molar-refractivity contribution in [2.45, 2.75) is 19.2 Å². The molecule has 0 spiro atoms. The van der Waals surface area contributed by atoms with Crippen LogP contribution in [0.25, 0.3) is 10.9 Å². The van der Waals surface area contributed by atoms with Crippen molar-refractivity contribution >= 4 is 20.9 Å². The van der Waals surface area contributed by atoms with E-state index in [1.807, 2.05) is 61.5 Å². The third-order valence-electron chi connectivity index (χ3n) is 3.96. The summed E-state index contributed by atoms with van der Waals surface area (Å²) < 4.78 is 26.6. The van der Waals surface area contributed by atoms with E-state index < -0.39 is 10.0 Å². The van der Waals surface area contributed by atoms with Crippen molar-refractivity contribution in [2.75, 3.05) is 7.05 Å². The van der Waals surface area contributed by atoms with Gasteiger partial charge in [-0.1, -0.05) is 48.0 Å². The second-order valence-corrected chi connectivity index (χ2v) is 8.11. The summed E-state index contributed by atoms with van der Waals surface area (Å²) in [6.45, 7) is 2.27. The van der Waals surface area contributed by atoms with E-state index in [4.69, 9.17) is 0 Å². The van der Waals surface area contributed by atoms with E-state index in [-0.39, 0.29) is 5.75 Å². The van der Waals surface area contributed by atoms with Crippen LogP contribution >= 0.6 is 0 Å². The molecule has 0 aliphatic heterocycles. The van der Waals surface area contributed by atoms with Gasteiger partial charge in [-0.2, -0.15) is 0 Å². The molecule has 1 heterocycles. The molecule has 24 heavy (non-hydrogen) atoms. The molecule has 0 radical (unpaired) electrons. The molecule has 124 valence electrons. The number of aromatic nitrogens is 1. The van der Waals surface area contributed by atoms with Crippen LogP contribution in [0.2, 0.25) is 0 Å². The number of hydrogen-bond acceptors (Lipinski definition) is 3. The lowest BCUT2D eigenvalue weighted by atomic mass is 10.1. The van der Waals surface area contributed by atoms with Crippen LogP contribution in [0.5, 0.6) is 0 Å². The highest BCUT2D eigenvalue weighted by Gasteiger charge is 2.19. The number of sulfonamides is 1. The second kappa shape index (κ2) is 6.71. The van der Waals surface area contributed by atoms with Crippen LogP contribution in [-0.4, -0.2) is 24.8 Å². The van der Waals surface area contributed by atoms with Gasteiger partial charge in [0.05, 0.1) is 11.3 Å². The molecule has 0 saturated heterocycles. The highest BCUT2D eigenvalue weighted by atomic mass is 32.2. The molecule has 0 bridgehead atoms. The topological polar surface area (TPSA) is 50.3 Å². The number of pyridine rings is 1. The van der Waals surface area contributed by atoms with Gasteiger partial charge < -0.3 is 0 Å². The summed E-state index contributed by atoms with van der Waals surface area (Å²) in [4.78, 5) is 4.39. The van der Waals surface area contributed by atoms with Crippen molar-refractivity contribution in [3.8, 4) is 0 Å². The Morgan fingerprint density at radius 3 is 2.58 bits per heavy atom. The highest BCUT2D eigenvalue weighted by Crippen LogP contribution is 2.17. The van der Waals surface area contributed by atoms with Crippen LogP contribution in [0.15, 0.2) is 60.8 Å². The average Bonchev–Trinajstić information content (AvgIpc) is 2.54. The third kappa shape index (κ3) is 3.80. The molecule has 1 aromatic heterocycles. The predicted molar refractivity (Wildman–Crippen MR) is 97.0 cm³/mol. The lowest BCUT2D eigenvalue weighted by Crippen LogP contribution is -2.27. The molecule has 0 saturated carbocycles. The van der Waals surface area contributed by atoms with Gasteiger partial charge in [-0.25, -0.2) is 12.7 Å². The first-order chi connectivity index (χ1) is 11.4. The van der Waals surface area contributed by atoms with E-state index in [0.29, 0.717) is 6.54 Å². The van der Waals surface area contributed by atoms with Gasteiger partial charge in [0, 0.05) is 25.2 Å². The average molecular weight is 340 g/mol. The summed E-state index contributed by atoms with van der Waals surface area (Å²) in [5.74, 6) is 0.00614. The molecule has 5 heteroatoms. The molecule has 3 rings (SSSR count). The van der Waals surface area contributed by atoms with Gasteiger partial charge in [0.1, 0.15) is 0 Å². The Balaban J connectivity index is 1.78. The highest BCUT2D eigenvalue weighted by molar-refractivity contribution is 7.88. The summed E-state index contributed by atoms with van der Waals surface area (Å²) >= 11 is 0. The van der Waals surface area contributed by atoms with Crippen molar-refractivity contribution in [1.82, 2.24) is 9.29 Å². The molecule has 0 N–H and O–H groups in total. The third-order valence-corrected chi connectivity index (χ3v) is 5.74. The zero-order valence-corrected chi connectivity index (χ0v) is 14.6. The maximum atomic E-state index is 12.6. The van der Waals surface area contributed by atoms with Gasteiger partial charge in [-0.15, -0.1) is 0 Å². The van der Waals surface area contributed by atoms with Crippen LogP contribution < -0.4 is 0 Å². The van der Waals surface area contributed by atoms with E-state index in [9.17, 15) is 8.42 Å². The van der Waals surface area contributed by atoms with E-state index in [1.54, 1.807) is 13.2 Å². The Labute approximate surface area is 142 Å². The van der Waals surface area contributed by atoms with Crippen LogP contribution in [0.4, 0.5) is 0 Å². The van der Waals surface area contributed by atoms with Crippen molar-refractivity contribution in [1.29, 1.82) is 0 Å². The first-order valence-corrected chi connectivity index (χ1v) is 9.38. The van der Waals surface area contributed by atoms with Gasteiger partial charge in [0.25, 0.3) is 0 Å². The van der Waals surface area contributed by atoms with Gasteiger partial charge in [-0.05, 0) is 30.2 Å². The second-order valence-electron chi connectivity index (χ2n) is 6.04. The number of fused-ring (bicyclic) bond motifs is 1. The molecule has 3 aromatic rings. The molecular formula is C19H20N2O2S. The van der Waals surface area contributed by atoms with E-state index in [1.165, 1.54) is 4.31 Å². The van der Waals surface area contributed by atoms with Crippen LogP contribution in [0, 0.1) is 6.92 Å². The summed E-state index contributed by atoms with van der Waals surface area (Å²) in [5, 5.41) is 1.01. The quantitative estimate of drug-likeness (QED) is 0.714. The van der Waals surface area contributed by atoms with Crippen molar-refractivity contribution in [3.05, 3.63) is 77.5 Å². The Morgan fingerprint density at radius 2 is 1.79 bits per heavy atom. The number of para-hydroxylation sites is 1. The Kier molecular flexibility index (Phi) is 4.64. The number of aryl methyl sites for hydroxylation is 1. The van der Waals surface area contributed by atoms with Gasteiger partial charge in [0.15, 0.2) is 0 Å². The smallest absolute Gasteiger partial charge is 0.218 e. The summed E-state index contributed by atoms with van der Waals surface area (Å²) in [6.07, 6.45) is 1.74. The van der Waals surface area contributed by atoms with Crippen molar-refractivity contribution in [2.24, 2.45) is 0 Å². The maximum Gasteiger partial charge on any atom is 0.218 e. The van der Waals surface area contributed by atoms with Gasteiger partial charge in [0.2, 0.25) is 10.0 Å². The van der Waals surface area contributed by atoms with Gasteiger partial charge >= 0.3 is 0 Å². The fourth-order valence-electron chi connectivity index (χ4n) is 2.68. The lowest BCUT2D eigenvalue weighted by Gasteiger charge is -2.17. The summed E-state index contributed by atoms with van der Waals surface area (Å²) in [6, 6.07) is 17.4. The molecular weight excluding hydrogens is 320 g/mol. The fraction of sp³-hybridized carbons (Fsp3) is 0.211. The maximum absolute atomic E-state index is 12.6. The Morgan fingerprint density at radius 1 is 1.00 bits per heavy atom. The minimum atomic E-state index is -3.38. The van der Waals surface area contributed by atoms with Crippen LogP contribution in [0.1, 0.15) is 16.7 Å². The molecule has 0 aliphatic rings. The fourth-order valence-corrected chi connectivity index (χ4v) is 3.85. The first kappa shape index (κ1) is 16.6. The van der Waals surface area contributed by atoms with Crippen molar-refractivity contribution in [3.63, 3.8) is 0 Å². The normalized spacial score (nSPS) is 12.0. The van der Waals surface area contributed by atoms with E-state index in [0.717, 1.165) is 27.6 Å². The molecule has 0 atom stereocenters. The minimum absolute atomic E-state index is 0.00614. The minimum Gasteiger partial charge on any atom is -0.256 e. The SMILES string of the molecule is Cc1cccc(CS(=O)(=O)N(C)Cc2cnc3ccccc3c2)c1. The monoisotopic (exact) mass is 340 g/mol. The number of benzene rings is 2. The first-order valence-electron chi connectivity index (χ1n) is 7.77. The molecule has 0 amide bonds. The van der Waals surface area contributed by atoms with Crippen LogP contribution in [0.3, 0.4) is 0 Å². The molecule has 4 nitrogen and oxygen atoms in total. The molecule has 0 unspecified atom stereocenters. The largest absolute Gasteiger partial charge is 0.256 e. The summed E-state index contributed by atoms with van der Waals surface area (Å²) in [7, 11) is -1.76.